The van der Waals surface area contributed by atoms with E-state index in [9.17, 15) is 14.4 Å². The van der Waals surface area contributed by atoms with Gasteiger partial charge >= 0.3 is 11.9 Å². The van der Waals surface area contributed by atoms with Crippen molar-refractivity contribution >= 4 is 17.7 Å². The van der Waals surface area contributed by atoms with Crippen LogP contribution in [0.25, 0.3) is 0 Å². The fourth-order valence-electron chi connectivity index (χ4n) is 4.18. The Kier molecular flexibility index (Phi) is 5.97. The van der Waals surface area contributed by atoms with Gasteiger partial charge in [-0.2, -0.15) is 0 Å². The van der Waals surface area contributed by atoms with Gasteiger partial charge in [0.2, 0.25) is 0 Å². The van der Waals surface area contributed by atoms with Gasteiger partial charge in [0, 0.05) is 29.3 Å². The lowest BCUT2D eigenvalue weighted by molar-refractivity contribution is -0.138. The van der Waals surface area contributed by atoms with Crippen molar-refractivity contribution in [2.24, 2.45) is 5.41 Å². The van der Waals surface area contributed by atoms with Crippen LogP contribution in [-0.2, 0) is 19.1 Å². The normalized spacial score (nSPS) is 20.3. The van der Waals surface area contributed by atoms with Gasteiger partial charge in [-0.25, -0.2) is 9.59 Å². The van der Waals surface area contributed by atoms with Crippen LogP contribution >= 0.6 is 0 Å². The van der Waals surface area contributed by atoms with Crippen LogP contribution in [0.2, 0.25) is 0 Å². The summed E-state index contributed by atoms with van der Waals surface area (Å²) in [5, 5.41) is 3.29. The van der Waals surface area contributed by atoms with E-state index in [0.717, 1.165) is 11.3 Å². The molecule has 0 spiro atoms. The molecule has 6 heteroatoms. The van der Waals surface area contributed by atoms with E-state index in [1.54, 1.807) is 24.3 Å². The first kappa shape index (κ1) is 21.6. The number of dihydropyridines is 1. The average molecular weight is 409 g/mol. The number of ketones is 1. The summed E-state index contributed by atoms with van der Waals surface area (Å²) >= 11 is 0. The second kappa shape index (κ2) is 8.30. The number of rotatable bonds is 5. The molecule has 1 N–H and O–H groups in total. The zero-order valence-corrected chi connectivity index (χ0v) is 17.8. The molecule has 0 amide bonds. The van der Waals surface area contributed by atoms with Gasteiger partial charge < -0.3 is 14.8 Å². The van der Waals surface area contributed by atoms with Gasteiger partial charge in [0.15, 0.2) is 5.78 Å². The predicted molar refractivity (Wildman–Crippen MR) is 113 cm³/mol. The van der Waals surface area contributed by atoms with Crippen molar-refractivity contribution < 1.29 is 23.9 Å². The number of benzene rings is 1. The van der Waals surface area contributed by atoms with Crippen molar-refractivity contribution in [3.05, 3.63) is 70.6 Å². The molecule has 1 aromatic rings. The molecular weight excluding hydrogens is 382 g/mol. The van der Waals surface area contributed by atoms with E-state index in [-0.39, 0.29) is 17.8 Å². The molecule has 6 nitrogen and oxygen atoms in total. The SMILES string of the molecule is C=CCOC(=O)C1=C(C)NC2=C(C(=O)CC(C)(C)C2)[C@@H]1c1ccc(C(=O)OC)cc1. The number of Topliss-reactive ketones (excluding diaryl/α,β-unsaturated/α-hetero) is 1. The van der Waals surface area contributed by atoms with E-state index in [1.165, 1.54) is 13.2 Å². The largest absolute Gasteiger partial charge is 0.465 e. The number of hydrogen-bond donors (Lipinski definition) is 1. The lowest BCUT2D eigenvalue weighted by Gasteiger charge is -2.39. The fourth-order valence-corrected chi connectivity index (χ4v) is 4.18. The zero-order valence-electron chi connectivity index (χ0n) is 17.8. The van der Waals surface area contributed by atoms with Crippen LogP contribution in [0.3, 0.4) is 0 Å². The van der Waals surface area contributed by atoms with Gasteiger partial charge in [-0.05, 0) is 36.5 Å². The topological polar surface area (TPSA) is 81.7 Å². The summed E-state index contributed by atoms with van der Waals surface area (Å²) in [5.41, 5.74) is 3.48. The van der Waals surface area contributed by atoms with Crippen LogP contribution in [0.1, 0.15) is 55.5 Å². The van der Waals surface area contributed by atoms with Gasteiger partial charge in [0.05, 0.1) is 18.2 Å². The van der Waals surface area contributed by atoms with Gasteiger partial charge in [-0.3, -0.25) is 4.79 Å². The molecule has 0 aromatic heterocycles. The second-order valence-electron chi connectivity index (χ2n) is 8.43. The monoisotopic (exact) mass is 409 g/mol. The van der Waals surface area contributed by atoms with Crippen molar-refractivity contribution in [2.75, 3.05) is 13.7 Å². The van der Waals surface area contributed by atoms with Gasteiger partial charge in [0.1, 0.15) is 6.61 Å². The van der Waals surface area contributed by atoms with Crippen molar-refractivity contribution in [1.29, 1.82) is 0 Å². The maximum atomic E-state index is 13.2. The Labute approximate surface area is 176 Å². The minimum atomic E-state index is -0.561. The van der Waals surface area contributed by atoms with Crippen LogP contribution in [0.5, 0.6) is 0 Å². The predicted octanol–water partition coefficient (Wildman–Crippen LogP) is 3.81. The van der Waals surface area contributed by atoms with Crippen LogP contribution in [0.4, 0.5) is 0 Å². The van der Waals surface area contributed by atoms with Crippen LogP contribution in [-0.4, -0.2) is 31.4 Å². The molecule has 0 radical (unpaired) electrons. The van der Waals surface area contributed by atoms with Crippen LogP contribution in [0, 0.1) is 5.41 Å². The lowest BCUT2D eigenvalue weighted by atomic mass is 9.68. The summed E-state index contributed by atoms with van der Waals surface area (Å²) < 4.78 is 10.1. The standard InChI is InChI=1S/C24H27NO5/c1-6-11-30-23(28)19-14(2)25-17-12-24(3,4)13-18(26)21(17)20(19)15-7-9-16(10-8-15)22(27)29-5/h6-10,20,25H,1,11-13H2,2-5H3/t20-/m1/s1. The molecule has 158 valence electrons. The van der Waals surface area contributed by atoms with Crippen molar-refractivity contribution in [3.8, 4) is 0 Å². The highest BCUT2D eigenvalue weighted by Crippen LogP contribution is 2.46. The molecule has 0 bridgehead atoms. The highest BCUT2D eigenvalue weighted by molar-refractivity contribution is 6.04. The lowest BCUT2D eigenvalue weighted by Crippen LogP contribution is -2.38. The van der Waals surface area contributed by atoms with E-state index < -0.39 is 17.9 Å². The molecule has 30 heavy (non-hydrogen) atoms. The van der Waals surface area contributed by atoms with Crippen molar-refractivity contribution in [3.63, 3.8) is 0 Å². The maximum absolute atomic E-state index is 13.2. The molecule has 0 saturated carbocycles. The molecule has 0 fully saturated rings. The van der Waals surface area contributed by atoms with Crippen molar-refractivity contribution in [2.45, 2.75) is 39.5 Å². The smallest absolute Gasteiger partial charge is 0.337 e. The summed E-state index contributed by atoms with van der Waals surface area (Å²) in [7, 11) is 1.32. The summed E-state index contributed by atoms with van der Waals surface area (Å²) in [6, 6.07) is 6.80. The third kappa shape index (κ3) is 4.08. The Morgan fingerprint density at radius 2 is 1.87 bits per heavy atom. The number of allylic oxidation sites excluding steroid dienone is 3. The van der Waals surface area contributed by atoms with Crippen molar-refractivity contribution in [1.82, 2.24) is 5.32 Å². The number of carbonyl (C=O) groups is 3. The molecule has 1 atom stereocenters. The van der Waals surface area contributed by atoms with E-state index in [1.807, 2.05) is 6.92 Å². The number of methoxy groups -OCH3 is 1. The van der Waals surface area contributed by atoms with Gasteiger partial charge in [-0.15, -0.1) is 0 Å². The Hall–Kier alpha value is -3.15. The number of hydrogen-bond acceptors (Lipinski definition) is 6. The first-order chi connectivity index (χ1) is 14.2. The highest BCUT2D eigenvalue weighted by atomic mass is 16.5. The van der Waals surface area contributed by atoms with E-state index in [0.29, 0.717) is 35.2 Å². The first-order valence-electron chi connectivity index (χ1n) is 9.89. The third-order valence-corrected chi connectivity index (χ3v) is 5.46. The molecule has 1 aromatic carbocycles. The first-order valence-corrected chi connectivity index (χ1v) is 9.89. The number of nitrogens with one attached hydrogen (secondary N) is 1. The molecule has 0 unspecified atom stereocenters. The molecule has 1 heterocycles. The third-order valence-electron chi connectivity index (χ3n) is 5.46. The summed E-state index contributed by atoms with van der Waals surface area (Å²) in [6.45, 7) is 9.60. The summed E-state index contributed by atoms with van der Waals surface area (Å²) in [4.78, 5) is 37.9. The van der Waals surface area contributed by atoms with E-state index >= 15 is 0 Å². The molecule has 3 rings (SSSR count). The van der Waals surface area contributed by atoms with Crippen LogP contribution in [0.15, 0.2) is 59.5 Å². The van der Waals surface area contributed by atoms with Gasteiger partial charge in [-0.1, -0.05) is 38.6 Å². The average Bonchev–Trinajstić information content (AvgIpc) is 2.69. The molecule has 1 aliphatic carbocycles. The number of ether oxygens (including phenoxy) is 2. The highest BCUT2D eigenvalue weighted by Gasteiger charge is 2.43. The Balaban J connectivity index is 2.12. The molecule has 2 aliphatic rings. The Bertz CT molecular complexity index is 966. The van der Waals surface area contributed by atoms with E-state index in [4.69, 9.17) is 9.47 Å². The van der Waals surface area contributed by atoms with E-state index in [2.05, 4.69) is 25.7 Å². The Morgan fingerprint density at radius 3 is 2.47 bits per heavy atom. The molecular formula is C24H27NO5. The molecule has 1 aliphatic heterocycles. The van der Waals surface area contributed by atoms with Crippen LogP contribution < -0.4 is 5.32 Å². The Morgan fingerprint density at radius 1 is 1.20 bits per heavy atom. The number of carbonyl (C=O) groups excluding carboxylic acids is 3. The minimum Gasteiger partial charge on any atom is -0.465 e. The fraction of sp³-hybridized carbons (Fsp3) is 0.375. The quantitative estimate of drug-likeness (QED) is 0.588. The van der Waals surface area contributed by atoms with Gasteiger partial charge in [0.25, 0.3) is 0 Å². The summed E-state index contributed by atoms with van der Waals surface area (Å²) in [6.07, 6.45) is 2.61. The second-order valence-corrected chi connectivity index (χ2v) is 8.43. The summed E-state index contributed by atoms with van der Waals surface area (Å²) in [5.74, 6) is -1.49. The zero-order chi connectivity index (χ0) is 22.1. The molecule has 0 saturated heterocycles. The number of esters is 2. The minimum absolute atomic E-state index is 0.0114. The maximum Gasteiger partial charge on any atom is 0.337 e.